The Morgan fingerprint density at radius 1 is 0.367 bits per heavy atom. The summed E-state index contributed by atoms with van der Waals surface area (Å²) in [7, 11) is 0.961. The second-order valence-corrected chi connectivity index (χ2v) is 5.88. The van der Waals surface area contributed by atoms with Crippen molar-refractivity contribution < 1.29 is 43.9 Å². The summed E-state index contributed by atoms with van der Waals surface area (Å²) >= 11 is 0. The van der Waals surface area contributed by atoms with Crippen LogP contribution in [0.1, 0.15) is 0 Å². The highest BCUT2D eigenvalue weighted by atomic mass is 19.2. The van der Waals surface area contributed by atoms with E-state index >= 15 is 0 Å². The average molecular weight is 432 g/mol. The lowest BCUT2D eigenvalue weighted by molar-refractivity contribution is 0.384. The first-order valence-electron chi connectivity index (χ1n) is 7.87. The van der Waals surface area contributed by atoms with Crippen LogP contribution in [-0.2, 0) is 0 Å². The maximum absolute atomic E-state index is 13.9. The molecule has 3 aromatic carbocycles. The van der Waals surface area contributed by atoms with E-state index in [1.54, 1.807) is 0 Å². The van der Waals surface area contributed by atoms with E-state index in [0.717, 1.165) is 12.1 Å². The van der Waals surface area contributed by atoms with Gasteiger partial charge >= 0.3 is 0 Å². The van der Waals surface area contributed by atoms with E-state index in [4.69, 9.17) is 0 Å². The van der Waals surface area contributed by atoms with Gasteiger partial charge in [0.25, 0.3) is 0 Å². The van der Waals surface area contributed by atoms with E-state index in [1.807, 2.05) is 0 Å². The topological polar surface area (TPSA) is 0 Å². The summed E-state index contributed by atoms with van der Waals surface area (Å²) < 4.78 is 135. The largest absolute Gasteiger partial charge is 0.204 e. The van der Waals surface area contributed by atoms with Gasteiger partial charge in [-0.05, 0) is 10.9 Å². The summed E-state index contributed by atoms with van der Waals surface area (Å²) in [6, 6.07) is 4.62. The molecule has 0 N–H and O–H groups in total. The van der Waals surface area contributed by atoms with Gasteiger partial charge in [0, 0.05) is 0 Å². The van der Waals surface area contributed by atoms with Crippen molar-refractivity contribution in [2.75, 3.05) is 0 Å². The SMILES string of the molecule is Fc1c(F)c(F)c([B]c2ccccc2[B]c2c(F)c(F)c(F)c(F)c2F)c(F)c1F. The zero-order valence-corrected chi connectivity index (χ0v) is 14.2. The monoisotopic (exact) mass is 432 g/mol. The molecule has 0 unspecified atom stereocenters. The number of rotatable bonds is 4. The number of hydrogen-bond donors (Lipinski definition) is 0. The summed E-state index contributed by atoms with van der Waals surface area (Å²) in [6.45, 7) is 0. The predicted octanol–water partition coefficient (Wildman–Crippen LogP) is 2.39. The van der Waals surface area contributed by atoms with Gasteiger partial charge in [-0.15, -0.1) is 0 Å². The number of halogens is 10. The van der Waals surface area contributed by atoms with Crippen LogP contribution in [-0.4, -0.2) is 14.6 Å². The van der Waals surface area contributed by atoms with Gasteiger partial charge in [0.2, 0.25) is 0 Å². The van der Waals surface area contributed by atoms with Crippen LogP contribution in [0.5, 0.6) is 0 Å². The molecule has 0 saturated carbocycles. The molecule has 0 aliphatic rings. The minimum absolute atomic E-state index is 0.329. The van der Waals surface area contributed by atoms with Gasteiger partial charge in [-0.2, -0.15) is 0 Å². The average Bonchev–Trinajstić information content (AvgIpc) is 2.75. The molecule has 0 spiro atoms. The number of benzene rings is 3. The van der Waals surface area contributed by atoms with E-state index in [9.17, 15) is 43.9 Å². The predicted molar refractivity (Wildman–Crippen MR) is 89.0 cm³/mol. The molecule has 152 valence electrons. The van der Waals surface area contributed by atoms with E-state index < -0.39 is 69.1 Å². The van der Waals surface area contributed by atoms with Crippen molar-refractivity contribution in [2.24, 2.45) is 0 Å². The van der Waals surface area contributed by atoms with Crippen molar-refractivity contribution in [3.8, 4) is 0 Å². The van der Waals surface area contributed by atoms with Crippen LogP contribution < -0.4 is 21.9 Å². The molecular weight excluding hydrogens is 428 g/mol. The van der Waals surface area contributed by atoms with Crippen molar-refractivity contribution in [1.29, 1.82) is 0 Å². The lowest BCUT2D eigenvalue weighted by atomic mass is 9.53. The van der Waals surface area contributed by atoms with Gasteiger partial charge in [0.15, 0.2) is 72.7 Å². The fourth-order valence-electron chi connectivity index (χ4n) is 2.58. The standard InChI is InChI=1S/C18H4B2F10/c21-9-7(10(22)14(26)17(29)13(9)25)19-5-3-1-2-4-6(5)20-8-11(23)15(27)18(30)16(28)12(8)24/h1-4H. The molecule has 0 bridgehead atoms. The molecule has 0 saturated heterocycles. The molecule has 30 heavy (non-hydrogen) atoms. The van der Waals surface area contributed by atoms with Gasteiger partial charge in [-0.25, -0.2) is 43.9 Å². The Balaban J connectivity index is 2.09. The molecule has 0 atom stereocenters. The Morgan fingerprint density at radius 2 is 0.600 bits per heavy atom. The van der Waals surface area contributed by atoms with Crippen LogP contribution in [0.2, 0.25) is 0 Å². The number of hydrogen-bond acceptors (Lipinski definition) is 0. The van der Waals surface area contributed by atoms with Crippen molar-refractivity contribution >= 4 is 36.4 Å². The third-order valence-electron chi connectivity index (χ3n) is 4.08. The van der Waals surface area contributed by atoms with Crippen LogP contribution in [0.15, 0.2) is 24.3 Å². The second kappa shape index (κ2) is 8.08. The summed E-state index contributed by atoms with van der Waals surface area (Å²) in [5.41, 5.74) is -3.37. The quantitative estimate of drug-likeness (QED) is 0.257. The zero-order chi connectivity index (χ0) is 22.3. The molecule has 0 fully saturated rings. The Morgan fingerprint density at radius 3 is 0.867 bits per heavy atom. The third-order valence-corrected chi connectivity index (χ3v) is 4.08. The molecule has 3 aromatic rings. The molecule has 0 aromatic heterocycles. The highest BCUT2D eigenvalue weighted by molar-refractivity contribution is 6.78. The minimum atomic E-state index is -2.39. The van der Waals surface area contributed by atoms with Crippen molar-refractivity contribution in [2.45, 2.75) is 0 Å². The van der Waals surface area contributed by atoms with E-state index in [-0.39, 0.29) is 10.9 Å². The maximum Gasteiger partial charge on any atom is 0.200 e. The highest BCUT2D eigenvalue weighted by Gasteiger charge is 2.28. The summed E-state index contributed by atoms with van der Waals surface area (Å²) in [4.78, 5) is 0. The van der Waals surface area contributed by atoms with E-state index in [1.165, 1.54) is 12.1 Å². The zero-order valence-electron chi connectivity index (χ0n) is 14.2. The van der Waals surface area contributed by atoms with Crippen LogP contribution in [0.3, 0.4) is 0 Å². The molecule has 2 radical (unpaired) electrons. The maximum atomic E-state index is 13.9. The van der Waals surface area contributed by atoms with Crippen molar-refractivity contribution in [3.63, 3.8) is 0 Å². The Labute approximate surface area is 163 Å². The molecule has 0 aliphatic heterocycles. The molecular formula is C18H4B2F10. The van der Waals surface area contributed by atoms with Crippen LogP contribution in [0.4, 0.5) is 43.9 Å². The Kier molecular flexibility index (Phi) is 5.87. The molecule has 0 amide bonds. The molecule has 0 heterocycles. The van der Waals surface area contributed by atoms with E-state index in [0.29, 0.717) is 14.6 Å². The molecule has 0 nitrogen and oxygen atoms in total. The first-order chi connectivity index (χ1) is 14.1. The van der Waals surface area contributed by atoms with Crippen LogP contribution in [0, 0.1) is 58.2 Å². The lowest BCUT2D eigenvalue weighted by Gasteiger charge is -2.12. The fourth-order valence-corrected chi connectivity index (χ4v) is 2.58. The molecule has 0 aliphatic carbocycles. The van der Waals surface area contributed by atoms with E-state index in [2.05, 4.69) is 0 Å². The smallest absolute Gasteiger partial charge is 0.200 e. The first-order valence-corrected chi connectivity index (χ1v) is 7.87. The van der Waals surface area contributed by atoms with Gasteiger partial charge in [-0.1, -0.05) is 35.2 Å². The summed E-state index contributed by atoms with van der Waals surface area (Å²) in [5.74, 6) is -22.3. The van der Waals surface area contributed by atoms with Crippen LogP contribution >= 0.6 is 0 Å². The normalized spacial score (nSPS) is 11.0. The van der Waals surface area contributed by atoms with Crippen molar-refractivity contribution in [1.82, 2.24) is 0 Å². The highest BCUT2D eigenvalue weighted by Crippen LogP contribution is 2.16. The Hall–Kier alpha value is -2.91. The summed E-state index contributed by atoms with van der Waals surface area (Å²) in [5, 5.41) is 0. The summed E-state index contributed by atoms with van der Waals surface area (Å²) in [6.07, 6.45) is 0. The molecule has 12 heteroatoms. The Bertz CT molecular complexity index is 1010. The van der Waals surface area contributed by atoms with Gasteiger partial charge in [-0.3, -0.25) is 0 Å². The lowest BCUT2D eigenvalue weighted by Crippen LogP contribution is -2.47. The fraction of sp³-hybridized carbons (Fsp3) is 0. The second-order valence-electron chi connectivity index (χ2n) is 5.88. The molecule has 3 rings (SSSR count). The first kappa shape index (κ1) is 21.8. The minimum Gasteiger partial charge on any atom is -0.204 e. The van der Waals surface area contributed by atoms with Crippen LogP contribution in [0.25, 0.3) is 0 Å². The third kappa shape index (κ3) is 3.54. The van der Waals surface area contributed by atoms with Crippen molar-refractivity contribution in [3.05, 3.63) is 82.4 Å². The van der Waals surface area contributed by atoms with Gasteiger partial charge in [0.1, 0.15) is 0 Å². The van der Waals surface area contributed by atoms with Gasteiger partial charge in [0.05, 0.1) is 0 Å². The van der Waals surface area contributed by atoms with Gasteiger partial charge < -0.3 is 0 Å².